The summed E-state index contributed by atoms with van der Waals surface area (Å²) in [5, 5.41) is 0. The fourth-order valence-corrected chi connectivity index (χ4v) is 3.76. The van der Waals surface area contributed by atoms with E-state index in [9.17, 15) is 0 Å². The standard InChI is InChI=1S/C25H34O3/c1-23(2,3)15-11-17-21(19(13-15)26-9)28-22-18(25(17,7)8)12-16(24(4,5)6)14-20(22)27-10/h11-14H,1-10H3. The first-order chi connectivity index (χ1) is 12.8. The maximum Gasteiger partial charge on any atom is 0.173 e. The van der Waals surface area contributed by atoms with Crippen LogP contribution in [0.3, 0.4) is 0 Å². The second-order valence-corrected chi connectivity index (χ2v) is 10.3. The van der Waals surface area contributed by atoms with Crippen molar-refractivity contribution in [3.05, 3.63) is 46.5 Å². The van der Waals surface area contributed by atoms with Gasteiger partial charge in [-0.15, -0.1) is 0 Å². The number of benzene rings is 2. The molecule has 3 nitrogen and oxygen atoms in total. The average molecular weight is 383 g/mol. The third kappa shape index (κ3) is 3.25. The first-order valence-corrected chi connectivity index (χ1v) is 9.94. The number of hydrogen-bond donors (Lipinski definition) is 0. The molecule has 0 bridgehead atoms. The zero-order valence-electron chi connectivity index (χ0n) is 19.0. The van der Waals surface area contributed by atoms with Gasteiger partial charge in [-0.2, -0.15) is 0 Å². The molecule has 152 valence electrons. The number of ether oxygens (including phenoxy) is 3. The summed E-state index contributed by atoms with van der Waals surface area (Å²) in [6, 6.07) is 8.74. The smallest absolute Gasteiger partial charge is 0.173 e. The Labute approximate surface area is 170 Å². The zero-order chi connectivity index (χ0) is 21.1. The maximum absolute atomic E-state index is 6.44. The van der Waals surface area contributed by atoms with Gasteiger partial charge in [0.25, 0.3) is 0 Å². The van der Waals surface area contributed by atoms with Crippen LogP contribution in [0.2, 0.25) is 0 Å². The molecule has 0 aromatic heterocycles. The van der Waals surface area contributed by atoms with Crippen LogP contribution >= 0.6 is 0 Å². The van der Waals surface area contributed by atoms with Crippen LogP contribution in [0.15, 0.2) is 24.3 Å². The van der Waals surface area contributed by atoms with Gasteiger partial charge in [0.05, 0.1) is 14.2 Å². The van der Waals surface area contributed by atoms with E-state index in [2.05, 4.69) is 79.7 Å². The summed E-state index contributed by atoms with van der Waals surface area (Å²) in [5.74, 6) is 3.11. The van der Waals surface area contributed by atoms with Crippen molar-refractivity contribution in [1.82, 2.24) is 0 Å². The minimum Gasteiger partial charge on any atom is -0.493 e. The van der Waals surface area contributed by atoms with Crippen LogP contribution in [0.25, 0.3) is 0 Å². The molecule has 3 rings (SSSR count). The van der Waals surface area contributed by atoms with Crippen molar-refractivity contribution in [2.24, 2.45) is 0 Å². The second kappa shape index (κ2) is 6.43. The molecule has 0 fully saturated rings. The molecule has 3 heteroatoms. The molecule has 0 radical (unpaired) electrons. The molecule has 1 aliphatic rings. The van der Waals surface area contributed by atoms with Crippen molar-refractivity contribution in [2.75, 3.05) is 14.2 Å². The lowest BCUT2D eigenvalue weighted by Crippen LogP contribution is -2.27. The molecule has 2 aromatic carbocycles. The highest BCUT2D eigenvalue weighted by molar-refractivity contribution is 5.67. The van der Waals surface area contributed by atoms with Crippen LogP contribution in [0.5, 0.6) is 23.0 Å². The Bertz CT molecular complexity index is 835. The molecule has 0 unspecified atom stereocenters. The van der Waals surface area contributed by atoms with Gasteiger partial charge in [0.15, 0.2) is 23.0 Å². The van der Waals surface area contributed by atoms with Gasteiger partial charge >= 0.3 is 0 Å². The molecule has 2 aromatic rings. The van der Waals surface area contributed by atoms with E-state index in [0.29, 0.717) is 0 Å². The van der Waals surface area contributed by atoms with Gasteiger partial charge in [0.1, 0.15) is 0 Å². The highest BCUT2D eigenvalue weighted by Gasteiger charge is 2.39. The molecule has 0 atom stereocenters. The van der Waals surface area contributed by atoms with Crippen molar-refractivity contribution in [3.8, 4) is 23.0 Å². The van der Waals surface area contributed by atoms with Gasteiger partial charge in [-0.05, 0) is 34.1 Å². The largest absolute Gasteiger partial charge is 0.493 e. The lowest BCUT2D eigenvalue weighted by atomic mass is 9.72. The fourth-order valence-electron chi connectivity index (χ4n) is 3.76. The van der Waals surface area contributed by atoms with Crippen LogP contribution in [-0.2, 0) is 16.2 Å². The quantitative estimate of drug-likeness (QED) is 0.576. The number of hydrogen-bond acceptors (Lipinski definition) is 3. The lowest BCUT2D eigenvalue weighted by Gasteiger charge is -2.38. The van der Waals surface area contributed by atoms with E-state index < -0.39 is 0 Å². The van der Waals surface area contributed by atoms with Gasteiger partial charge in [-0.1, -0.05) is 67.5 Å². The predicted octanol–water partition coefficient (Wildman–Crippen LogP) is 6.73. The molecular weight excluding hydrogens is 348 g/mol. The zero-order valence-corrected chi connectivity index (χ0v) is 19.0. The number of methoxy groups -OCH3 is 2. The monoisotopic (exact) mass is 382 g/mol. The number of fused-ring (bicyclic) bond motifs is 2. The summed E-state index contributed by atoms with van der Waals surface area (Å²) in [4.78, 5) is 0. The van der Waals surface area contributed by atoms with E-state index >= 15 is 0 Å². The van der Waals surface area contributed by atoms with Crippen molar-refractivity contribution in [3.63, 3.8) is 0 Å². The van der Waals surface area contributed by atoms with E-state index in [1.165, 1.54) is 11.1 Å². The topological polar surface area (TPSA) is 27.7 Å². The molecule has 28 heavy (non-hydrogen) atoms. The van der Waals surface area contributed by atoms with Crippen molar-refractivity contribution in [1.29, 1.82) is 0 Å². The summed E-state index contributed by atoms with van der Waals surface area (Å²) >= 11 is 0. The Morgan fingerprint density at radius 3 is 1.32 bits per heavy atom. The van der Waals surface area contributed by atoms with E-state index in [1.807, 2.05) is 0 Å². The van der Waals surface area contributed by atoms with E-state index in [0.717, 1.165) is 34.1 Å². The Kier molecular flexibility index (Phi) is 4.73. The number of rotatable bonds is 2. The molecular formula is C25H34O3. The van der Waals surface area contributed by atoms with Gasteiger partial charge in [0.2, 0.25) is 0 Å². The van der Waals surface area contributed by atoms with Gasteiger partial charge in [0, 0.05) is 16.5 Å². The Balaban J connectivity index is 2.33. The van der Waals surface area contributed by atoms with Crippen molar-refractivity contribution >= 4 is 0 Å². The molecule has 0 N–H and O–H groups in total. The summed E-state index contributed by atoms with van der Waals surface area (Å²) in [6.07, 6.45) is 0. The van der Waals surface area contributed by atoms with E-state index in [4.69, 9.17) is 14.2 Å². The Morgan fingerprint density at radius 2 is 1.04 bits per heavy atom. The summed E-state index contributed by atoms with van der Waals surface area (Å²) in [5.41, 5.74) is 4.57. The van der Waals surface area contributed by atoms with Crippen molar-refractivity contribution < 1.29 is 14.2 Å². The molecule has 1 aliphatic heterocycles. The molecule has 0 saturated heterocycles. The van der Waals surface area contributed by atoms with Crippen LogP contribution < -0.4 is 14.2 Å². The molecule has 0 aliphatic carbocycles. The maximum atomic E-state index is 6.44. The third-order valence-electron chi connectivity index (χ3n) is 5.83. The molecule has 1 heterocycles. The van der Waals surface area contributed by atoms with Gasteiger partial charge in [-0.3, -0.25) is 0 Å². The Morgan fingerprint density at radius 1 is 0.679 bits per heavy atom. The highest BCUT2D eigenvalue weighted by atomic mass is 16.5. The summed E-state index contributed by atoms with van der Waals surface area (Å²) in [6.45, 7) is 17.8. The van der Waals surface area contributed by atoms with Gasteiger partial charge < -0.3 is 14.2 Å². The summed E-state index contributed by atoms with van der Waals surface area (Å²) < 4.78 is 17.9. The first kappa shape index (κ1) is 20.6. The first-order valence-electron chi connectivity index (χ1n) is 9.94. The lowest BCUT2D eigenvalue weighted by molar-refractivity contribution is 0.331. The SMILES string of the molecule is COc1cc(C(C)(C)C)cc2c1Oc1c(OC)cc(C(C)(C)C)cc1C2(C)C. The van der Waals surface area contributed by atoms with Crippen LogP contribution in [0.4, 0.5) is 0 Å². The van der Waals surface area contributed by atoms with Crippen molar-refractivity contribution in [2.45, 2.75) is 71.6 Å². The molecule has 0 spiro atoms. The van der Waals surface area contributed by atoms with Crippen LogP contribution in [0, 0.1) is 0 Å². The highest BCUT2D eigenvalue weighted by Crippen LogP contribution is 2.56. The third-order valence-corrected chi connectivity index (χ3v) is 5.83. The van der Waals surface area contributed by atoms with Crippen LogP contribution in [-0.4, -0.2) is 14.2 Å². The molecule has 0 saturated carbocycles. The predicted molar refractivity (Wildman–Crippen MR) is 116 cm³/mol. The normalized spacial score (nSPS) is 15.4. The van der Waals surface area contributed by atoms with E-state index in [-0.39, 0.29) is 16.2 Å². The minimum absolute atomic E-state index is 0.0175. The fraction of sp³-hybridized carbons (Fsp3) is 0.520. The molecule has 0 amide bonds. The second-order valence-electron chi connectivity index (χ2n) is 10.3. The Hall–Kier alpha value is -2.16. The average Bonchev–Trinajstić information content (AvgIpc) is 2.58. The van der Waals surface area contributed by atoms with Crippen LogP contribution in [0.1, 0.15) is 77.6 Å². The minimum atomic E-state index is -0.244. The van der Waals surface area contributed by atoms with E-state index in [1.54, 1.807) is 14.2 Å². The summed E-state index contributed by atoms with van der Waals surface area (Å²) in [7, 11) is 3.40. The van der Waals surface area contributed by atoms with Gasteiger partial charge in [-0.25, -0.2) is 0 Å².